The third-order valence-corrected chi connectivity index (χ3v) is 1.47. The molecule has 68 valence electrons. The summed E-state index contributed by atoms with van der Waals surface area (Å²) in [6, 6.07) is 4.23. The minimum atomic E-state index is -0.701. The van der Waals surface area contributed by atoms with Gasteiger partial charge in [0, 0.05) is 6.92 Å². The Hall–Kier alpha value is -1.71. The van der Waals surface area contributed by atoms with Crippen LogP contribution in [0.25, 0.3) is 0 Å². The van der Waals surface area contributed by atoms with E-state index < -0.39 is 5.82 Å². The Balaban J connectivity index is 3.07. The van der Waals surface area contributed by atoms with E-state index >= 15 is 0 Å². The van der Waals surface area contributed by atoms with E-state index in [1.807, 2.05) is 0 Å². The van der Waals surface area contributed by atoms with E-state index in [0.717, 1.165) is 0 Å². The number of hydrogen-bond acceptors (Lipinski definition) is 2. The van der Waals surface area contributed by atoms with E-state index in [0.29, 0.717) is 6.29 Å². The van der Waals surface area contributed by atoms with Crippen LogP contribution in [0.4, 0.5) is 10.1 Å². The maximum atomic E-state index is 13.2. The van der Waals surface area contributed by atoms with Crippen LogP contribution in [0.15, 0.2) is 18.2 Å². The highest BCUT2D eigenvalue weighted by atomic mass is 19.1. The van der Waals surface area contributed by atoms with Crippen molar-refractivity contribution in [1.29, 1.82) is 0 Å². The van der Waals surface area contributed by atoms with Gasteiger partial charge in [0.25, 0.3) is 0 Å². The van der Waals surface area contributed by atoms with Crippen molar-refractivity contribution in [3.8, 4) is 0 Å². The Morgan fingerprint density at radius 1 is 1.54 bits per heavy atom. The minimum absolute atomic E-state index is 0.0251. The third kappa shape index (κ3) is 2.11. The second-order valence-corrected chi connectivity index (χ2v) is 2.51. The van der Waals surface area contributed by atoms with Gasteiger partial charge in [-0.2, -0.15) is 0 Å². The zero-order chi connectivity index (χ0) is 9.84. The number of amides is 1. The van der Waals surface area contributed by atoms with Crippen molar-refractivity contribution in [3.63, 3.8) is 0 Å². The molecule has 0 atom stereocenters. The van der Waals surface area contributed by atoms with E-state index in [-0.39, 0.29) is 17.2 Å². The fraction of sp³-hybridized carbons (Fsp3) is 0.111. The summed E-state index contributed by atoms with van der Waals surface area (Å²) in [7, 11) is 0. The summed E-state index contributed by atoms with van der Waals surface area (Å²) in [6.07, 6.45) is 0.403. The molecule has 0 aromatic heterocycles. The topological polar surface area (TPSA) is 46.2 Å². The molecule has 1 amide bonds. The van der Waals surface area contributed by atoms with Crippen molar-refractivity contribution >= 4 is 17.9 Å². The number of carbonyl (C=O) groups excluding carboxylic acids is 2. The normalized spacial score (nSPS) is 9.38. The van der Waals surface area contributed by atoms with Crippen molar-refractivity contribution in [2.45, 2.75) is 6.92 Å². The first-order valence-corrected chi connectivity index (χ1v) is 3.66. The van der Waals surface area contributed by atoms with Crippen LogP contribution in [0, 0.1) is 5.82 Å². The summed E-state index contributed by atoms with van der Waals surface area (Å²) >= 11 is 0. The van der Waals surface area contributed by atoms with Crippen LogP contribution in [-0.4, -0.2) is 12.2 Å². The minimum Gasteiger partial charge on any atom is -0.324 e. The molecule has 0 saturated carbocycles. The van der Waals surface area contributed by atoms with E-state index in [2.05, 4.69) is 5.32 Å². The first-order chi connectivity index (χ1) is 6.15. The number of hydrogen-bond donors (Lipinski definition) is 1. The van der Waals surface area contributed by atoms with Crippen molar-refractivity contribution in [2.75, 3.05) is 5.32 Å². The number of anilines is 1. The molecule has 1 aromatic carbocycles. The largest absolute Gasteiger partial charge is 0.324 e. The standard InChI is InChI=1S/C9H8FNO2/c1-6(13)11-8-4-2-3-7(5-12)9(8)10/h2-5H,1H3,(H,11,13). The average molecular weight is 181 g/mol. The smallest absolute Gasteiger partial charge is 0.221 e. The second-order valence-electron chi connectivity index (χ2n) is 2.51. The Labute approximate surface area is 74.6 Å². The molecule has 0 radical (unpaired) electrons. The van der Waals surface area contributed by atoms with Crippen molar-refractivity contribution in [3.05, 3.63) is 29.6 Å². The van der Waals surface area contributed by atoms with Gasteiger partial charge < -0.3 is 5.32 Å². The van der Waals surface area contributed by atoms with Crippen LogP contribution >= 0.6 is 0 Å². The SMILES string of the molecule is CC(=O)Nc1cccc(C=O)c1F. The summed E-state index contributed by atoms with van der Waals surface area (Å²) in [5.74, 6) is -1.07. The number of carbonyl (C=O) groups is 2. The molecule has 0 aliphatic heterocycles. The van der Waals surface area contributed by atoms with Gasteiger partial charge in [0.15, 0.2) is 12.1 Å². The van der Waals surface area contributed by atoms with Crippen LogP contribution < -0.4 is 5.32 Å². The van der Waals surface area contributed by atoms with Crippen LogP contribution in [-0.2, 0) is 4.79 Å². The molecule has 0 saturated heterocycles. The fourth-order valence-electron chi connectivity index (χ4n) is 0.927. The first-order valence-electron chi connectivity index (χ1n) is 3.66. The number of halogens is 1. The van der Waals surface area contributed by atoms with Crippen LogP contribution in [0.1, 0.15) is 17.3 Å². The first kappa shape index (κ1) is 9.38. The number of benzene rings is 1. The highest BCUT2D eigenvalue weighted by Gasteiger charge is 2.07. The Kier molecular flexibility index (Phi) is 2.74. The lowest BCUT2D eigenvalue weighted by atomic mass is 10.2. The molecule has 4 heteroatoms. The summed E-state index contributed by atoms with van der Waals surface area (Å²) in [5.41, 5.74) is -0.0386. The molecule has 0 unspecified atom stereocenters. The van der Waals surface area contributed by atoms with Gasteiger partial charge in [0.1, 0.15) is 0 Å². The lowest BCUT2D eigenvalue weighted by Crippen LogP contribution is -2.08. The summed E-state index contributed by atoms with van der Waals surface area (Å²) < 4.78 is 13.2. The van der Waals surface area contributed by atoms with Gasteiger partial charge in [-0.15, -0.1) is 0 Å². The zero-order valence-electron chi connectivity index (χ0n) is 7.00. The summed E-state index contributed by atoms with van der Waals surface area (Å²) in [4.78, 5) is 20.9. The second kappa shape index (κ2) is 3.80. The number of rotatable bonds is 2. The van der Waals surface area contributed by atoms with Gasteiger partial charge in [-0.3, -0.25) is 9.59 Å². The van der Waals surface area contributed by atoms with Gasteiger partial charge in [-0.05, 0) is 12.1 Å². The van der Waals surface area contributed by atoms with Gasteiger partial charge >= 0.3 is 0 Å². The quantitative estimate of drug-likeness (QED) is 0.704. The Morgan fingerprint density at radius 3 is 2.77 bits per heavy atom. The average Bonchev–Trinajstić information content (AvgIpc) is 2.08. The maximum absolute atomic E-state index is 13.2. The molecule has 1 rings (SSSR count). The highest BCUT2D eigenvalue weighted by molar-refractivity contribution is 5.90. The van der Waals surface area contributed by atoms with Crippen molar-refractivity contribution < 1.29 is 14.0 Å². The maximum Gasteiger partial charge on any atom is 0.221 e. The molecule has 0 fully saturated rings. The Bertz CT molecular complexity index is 349. The summed E-state index contributed by atoms with van der Waals surface area (Å²) in [5, 5.41) is 2.27. The molecule has 1 N–H and O–H groups in total. The van der Waals surface area contributed by atoms with Gasteiger partial charge in [0.05, 0.1) is 11.3 Å². The Morgan fingerprint density at radius 2 is 2.23 bits per heavy atom. The lowest BCUT2D eigenvalue weighted by Gasteiger charge is -2.03. The molecular formula is C9H8FNO2. The molecule has 0 aliphatic rings. The zero-order valence-corrected chi connectivity index (χ0v) is 7.00. The van der Waals surface area contributed by atoms with Crippen molar-refractivity contribution in [1.82, 2.24) is 0 Å². The molecule has 0 bridgehead atoms. The van der Waals surface area contributed by atoms with Crippen molar-refractivity contribution in [2.24, 2.45) is 0 Å². The molecule has 1 aromatic rings. The van der Waals surface area contributed by atoms with E-state index in [9.17, 15) is 14.0 Å². The van der Waals surface area contributed by atoms with Gasteiger partial charge in [-0.1, -0.05) is 6.07 Å². The number of aldehydes is 1. The van der Waals surface area contributed by atoms with Crippen LogP contribution in [0.2, 0.25) is 0 Å². The molecule has 13 heavy (non-hydrogen) atoms. The van der Waals surface area contributed by atoms with Crippen LogP contribution in [0.3, 0.4) is 0 Å². The lowest BCUT2D eigenvalue weighted by molar-refractivity contribution is -0.114. The highest BCUT2D eigenvalue weighted by Crippen LogP contribution is 2.16. The molecule has 0 heterocycles. The molecule has 0 aliphatic carbocycles. The van der Waals surface area contributed by atoms with Gasteiger partial charge in [-0.25, -0.2) is 4.39 Å². The molecular weight excluding hydrogens is 173 g/mol. The number of nitrogens with one attached hydrogen (secondary N) is 1. The molecule has 0 spiro atoms. The van der Waals surface area contributed by atoms with E-state index in [1.165, 1.54) is 25.1 Å². The predicted octanol–water partition coefficient (Wildman–Crippen LogP) is 1.60. The van der Waals surface area contributed by atoms with E-state index in [4.69, 9.17) is 0 Å². The third-order valence-electron chi connectivity index (χ3n) is 1.47. The monoisotopic (exact) mass is 181 g/mol. The summed E-state index contributed by atoms with van der Waals surface area (Å²) in [6.45, 7) is 1.27. The van der Waals surface area contributed by atoms with Crippen LogP contribution in [0.5, 0.6) is 0 Å². The predicted molar refractivity (Wildman–Crippen MR) is 46.1 cm³/mol. The fourth-order valence-corrected chi connectivity index (χ4v) is 0.927. The molecule has 3 nitrogen and oxygen atoms in total. The van der Waals surface area contributed by atoms with E-state index in [1.54, 1.807) is 0 Å². The van der Waals surface area contributed by atoms with Gasteiger partial charge in [0.2, 0.25) is 5.91 Å².